The van der Waals surface area contributed by atoms with Crippen LogP contribution in [-0.4, -0.2) is 81.6 Å². The molecule has 216 valence electrons. The van der Waals surface area contributed by atoms with E-state index in [-0.39, 0.29) is 29.7 Å². The van der Waals surface area contributed by atoms with Crippen LogP contribution >= 0.6 is 0 Å². The van der Waals surface area contributed by atoms with Crippen LogP contribution in [0.25, 0.3) is 0 Å². The molecular weight excluding hydrogens is 523 g/mol. The molecule has 0 radical (unpaired) electrons. The van der Waals surface area contributed by atoms with Crippen LogP contribution in [0.1, 0.15) is 42.1 Å². The Bertz CT molecular complexity index is 1370. The van der Waals surface area contributed by atoms with Gasteiger partial charge in [-0.25, -0.2) is 4.39 Å². The third-order valence-corrected chi connectivity index (χ3v) is 8.03. The van der Waals surface area contributed by atoms with E-state index in [0.29, 0.717) is 12.2 Å². The highest BCUT2D eigenvalue weighted by atomic mass is 19.1. The normalized spacial score (nSPS) is 26.0. The van der Waals surface area contributed by atoms with Gasteiger partial charge in [-0.2, -0.15) is 0 Å². The molecule has 8 N–H and O–H groups in total. The summed E-state index contributed by atoms with van der Waals surface area (Å²) in [6.07, 6.45) is 1.69. The molecule has 40 heavy (non-hydrogen) atoms. The number of carbonyl (C=O) groups excluding carboxylic acids is 3. The number of likely N-dealkylation sites (N-methyl/N-ethyl adjacent to an activating group) is 1. The number of hydrogen-bond donors (Lipinski definition) is 7. The molecule has 0 aliphatic heterocycles. The van der Waals surface area contributed by atoms with Crippen LogP contribution in [0.2, 0.25) is 0 Å². The minimum absolute atomic E-state index is 0.0761. The molecule has 0 unspecified atom stereocenters. The fourth-order valence-electron chi connectivity index (χ4n) is 6.14. The van der Waals surface area contributed by atoms with E-state index in [4.69, 9.17) is 5.73 Å². The second-order valence-corrected chi connectivity index (χ2v) is 10.8. The largest absolute Gasteiger partial charge is 0.510 e. The van der Waals surface area contributed by atoms with Gasteiger partial charge in [-0.05, 0) is 45.8 Å². The summed E-state index contributed by atoms with van der Waals surface area (Å²) < 4.78 is 15.4. The molecule has 0 spiro atoms. The Kier molecular flexibility index (Phi) is 7.81. The molecule has 1 amide bonds. The SMILES string of the molecule is C=C(CNCCCC)Nc1cc(F)c2c(c1O)C(=O)C1=C(O)[C@]3(O)C(=O)C(C(N)=O)=C(O)[C@@H](N(C)C)[C@@H]3C[C@@H]1C2. The van der Waals surface area contributed by atoms with Crippen molar-refractivity contribution >= 4 is 23.2 Å². The van der Waals surface area contributed by atoms with E-state index >= 15 is 4.39 Å². The van der Waals surface area contributed by atoms with Crippen LogP contribution in [-0.2, 0) is 16.0 Å². The zero-order chi connectivity index (χ0) is 29.7. The van der Waals surface area contributed by atoms with Gasteiger partial charge >= 0.3 is 0 Å². The molecule has 3 aliphatic carbocycles. The molecule has 0 fully saturated rings. The number of carbonyl (C=O) groups is 3. The van der Waals surface area contributed by atoms with E-state index in [2.05, 4.69) is 17.2 Å². The van der Waals surface area contributed by atoms with Crippen molar-refractivity contribution in [3.8, 4) is 5.75 Å². The van der Waals surface area contributed by atoms with E-state index < -0.39 is 75.2 Å². The van der Waals surface area contributed by atoms with Gasteiger partial charge in [0.25, 0.3) is 5.91 Å². The Balaban J connectivity index is 1.79. The number of nitrogens with one attached hydrogen (secondary N) is 2. The van der Waals surface area contributed by atoms with Crippen molar-refractivity contribution in [2.75, 3.05) is 32.5 Å². The van der Waals surface area contributed by atoms with Crippen molar-refractivity contribution < 1.29 is 39.2 Å². The van der Waals surface area contributed by atoms with Crippen LogP contribution in [0.3, 0.4) is 0 Å². The number of anilines is 1. The smallest absolute Gasteiger partial charge is 0.255 e. The fourth-order valence-corrected chi connectivity index (χ4v) is 6.14. The molecule has 4 atom stereocenters. The zero-order valence-electron chi connectivity index (χ0n) is 22.7. The van der Waals surface area contributed by atoms with Crippen LogP contribution in [0.5, 0.6) is 5.75 Å². The first kappa shape index (κ1) is 29.2. The maximum atomic E-state index is 15.4. The van der Waals surface area contributed by atoms with Gasteiger partial charge in [0.15, 0.2) is 17.1 Å². The number of aliphatic hydroxyl groups excluding tert-OH is 2. The number of ketones is 2. The van der Waals surface area contributed by atoms with Crippen LogP contribution in [0.15, 0.2) is 41.0 Å². The Morgan fingerprint density at radius 2 is 1.95 bits per heavy atom. The number of primary amides is 1. The number of phenolic OH excluding ortho intramolecular Hbond substituents is 1. The standard InChI is InChI=1S/C28H35FN4O7/c1-5-6-7-31-11-12(2)32-17-10-16(29)14-8-13-9-15-21(33(3)4)24(36)20(27(30)39)26(38)28(15,40)25(37)18(13)23(35)19(14)22(17)34/h10,13,15,21,31-32,34,36-37,40H,2,5-9,11H2,1,3-4H3,(H2,30,39)/t13-,15-,21-,28-/m0/s1. The van der Waals surface area contributed by atoms with Gasteiger partial charge in [0, 0.05) is 35.4 Å². The number of halogens is 1. The highest BCUT2D eigenvalue weighted by molar-refractivity contribution is 6.24. The Labute approximate surface area is 230 Å². The monoisotopic (exact) mass is 558 g/mol. The molecule has 1 aromatic carbocycles. The summed E-state index contributed by atoms with van der Waals surface area (Å²) in [6, 6.07) is -0.0560. The first-order valence-corrected chi connectivity index (χ1v) is 13.1. The van der Waals surface area contributed by atoms with Gasteiger partial charge in [-0.1, -0.05) is 19.9 Å². The highest BCUT2D eigenvalue weighted by Gasteiger charge is 2.63. The van der Waals surface area contributed by atoms with E-state index in [9.17, 15) is 34.8 Å². The topological polar surface area (TPSA) is 185 Å². The molecule has 0 saturated carbocycles. The highest BCUT2D eigenvalue weighted by Crippen LogP contribution is 2.53. The van der Waals surface area contributed by atoms with Crippen molar-refractivity contribution in [2.45, 2.75) is 44.2 Å². The number of Topliss-reactive ketones (excluding diaryl/α,β-unsaturated/α-hetero) is 2. The van der Waals surface area contributed by atoms with Crippen molar-refractivity contribution in [3.63, 3.8) is 0 Å². The maximum absolute atomic E-state index is 15.4. The molecule has 12 heteroatoms. The summed E-state index contributed by atoms with van der Waals surface area (Å²) in [5, 5.41) is 50.7. The number of phenols is 1. The summed E-state index contributed by atoms with van der Waals surface area (Å²) in [5.41, 5.74) is 1.15. The Morgan fingerprint density at radius 3 is 2.55 bits per heavy atom. The quantitative estimate of drug-likeness (QED) is 0.133. The van der Waals surface area contributed by atoms with Crippen molar-refractivity contribution in [1.82, 2.24) is 10.2 Å². The number of unbranched alkanes of at least 4 members (excludes halogenated alkanes) is 1. The minimum Gasteiger partial charge on any atom is -0.510 e. The third kappa shape index (κ3) is 4.45. The lowest BCUT2D eigenvalue weighted by Crippen LogP contribution is -2.63. The van der Waals surface area contributed by atoms with Crippen LogP contribution < -0.4 is 16.4 Å². The van der Waals surface area contributed by atoms with Crippen molar-refractivity contribution in [3.05, 3.63) is 58.0 Å². The molecule has 1 aromatic rings. The number of nitrogens with two attached hydrogens (primary N) is 1. The second-order valence-electron chi connectivity index (χ2n) is 10.8. The average Bonchev–Trinajstić information content (AvgIpc) is 2.86. The van der Waals surface area contributed by atoms with E-state index in [1.165, 1.54) is 19.0 Å². The third-order valence-electron chi connectivity index (χ3n) is 8.03. The molecule has 3 aliphatic rings. The summed E-state index contributed by atoms with van der Waals surface area (Å²) in [6.45, 7) is 6.96. The molecule has 0 bridgehead atoms. The van der Waals surface area contributed by atoms with Crippen molar-refractivity contribution in [2.24, 2.45) is 17.6 Å². The van der Waals surface area contributed by atoms with Crippen LogP contribution in [0, 0.1) is 17.7 Å². The van der Waals surface area contributed by atoms with E-state index in [0.717, 1.165) is 25.5 Å². The predicted molar refractivity (Wildman–Crippen MR) is 144 cm³/mol. The number of aromatic hydroxyl groups is 1. The number of allylic oxidation sites excluding steroid dienone is 1. The van der Waals surface area contributed by atoms with Crippen LogP contribution in [0.4, 0.5) is 10.1 Å². The lowest BCUT2D eigenvalue weighted by molar-refractivity contribution is -0.148. The van der Waals surface area contributed by atoms with Gasteiger partial charge < -0.3 is 36.8 Å². The fraction of sp³-hybridized carbons (Fsp3) is 0.464. The van der Waals surface area contributed by atoms with Gasteiger partial charge in [0.2, 0.25) is 5.78 Å². The van der Waals surface area contributed by atoms with E-state index in [1.807, 2.05) is 6.92 Å². The summed E-state index contributed by atoms with van der Waals surface area (Å²) in [7, 11) is 3.07. The number of rotatable bonds is 9. The lowest BCUT2D eigenvalue weighted by atomic mass is 9.58. The molecule has 11 nitrogen and oxygen atoms in total. The lowest BCUT2D eigenvalue weighted by Gasteiger charge is -2.50. The molecule has 0 aromatic heterocycles. The molecule has 0 heterocycles. The number of benzene rings is 1. The summed E-state index contributed by atoms with van der Waals surface area (Å²) in [5.74, 6) is -8.64. The first-order chi connectivity index (χ1) is 18.8. The second kappa shape index (κ2) is 10.7. The zero-order valence-corrected chi connectivity index (χ0v) is 22.7. The molecular formula is C28H35FN4O7. The Morgan fingerprint density at radius 1 is 1.27 bits per heavy atom. The van der Waals surface area contributed by atoms with Gasteiger partial charge in [-0.15, -0.1) is 0 Å². The number of hydrogen-bond acceptors (Lipinski definition) is 10. The predicted octanol–water partition coefficient (Wildman–Crippen LogP) is 1.58. The van der Waals surface area contributed by atoms with Crippen molar-refractivity contribution in [1.29, 1.82) is 0 Å². The first-order valence-electron chi connectivity index (χ1n) is 13.1. The number of amides is 1. The van der Waals surface area contributed by atoms with E-state index in [1.54, 1.807) is 0 Å². The molecule has 0 saturated heterocycles. The minimum atomic E-state index is -2.76. The maximum Gasteiger partial charge on any atom is 0.255 e. The summed E-state index contributed by atoms with van der Waals surface area (Å²) >= 11 is 0. The summed E-state index contributed by atoms with van der Waals surface area (Å²) in [4.78, 5) is 40.6. The van der Waals surface area contributed by atoms with Gasteiger partial charge in [0.05, 0.1) is 17.3 Å². The number of aliphatic hydroxyl groups is 3. The Hall–Kier alpha value is -3.74. The number of fused-ring (bicyclic) bond motifs is 3. The van der Waals surface area contributed by atoms with Gasteiger partial charge in [-0.3, -0.25) is 19.3 Å². The molecule has 4 rings (SSSR count). The van der Waals surface area contributed by atoms with Gasteiger partial charge in [0.1, 0.15) is 22.9 Å². The average molecular weight is 559 g/mol. The number of nitrogens with zero attached hydrogens (tertiary/aromatic N) is 1.